The second-order valence-corrected chi connectivity index (χ2v) is 8.48. The number of halogens is 1. The summed E-state index contributed by atoms with van der Waals surface area (Å²) >= 11 is 1.63. The second-order valence-electron chi connectivity index (χ2n) is 7.60. The Balaban J connectivity index is 1.35. The highest BCUT2D eigenvalue weighted by molar-refractivity contribution is 7.18. The van der Waals surface area contributed by atoms with Gasteiger partial charge in [0.05, 0.1) is 19.3 Å². The maximum absolute atomic E-state index is 13.3. The van der Waals surface area contributed by atoms with E-state index in [9.17, 15) is 9.18 Å². The molecular formula is C25H20FN5O2S. The van der Waals surface area contributed by atoms with Gasteiger partial charge in [0.25, 0.3) is 0 Å². The molecular weight excluding hydrogens is 453 g/mol. The summed E-state index contributed by atoms with van der Waals surface area (Å²) < 4.78 is 16.1. The van der Waals surface area contributed by atoms with Crippen molar-refractivity contribution >= 4 is 38.8 Å². The van der Waals surface area contributed by atoms with Crippen molar-refractivity contribution in [1.82, 2.24) is 14.8 Å². The van der Waals surface area contributed by atoms with Crippen molar-refractivity contribution in [2.75, 3.05) is 17.2 Å². The van der Waals surface area contributed by atoms with Crippen LogP contribution in [0.15, 0.2) is 78.7 Å². The molecule has 3 heterocycles. The zero-order valence-electron chi connectivity index (χ0n) is 17.9. The summed E-state index contributed by atoms with van der Waals surface area (Å²) in [5, 5.41) is 21.9. The van der Waals surface area contributed by atoms with Gasteiger partial charge >= 0.3 is 6.03 Å². The summed E-state index contributed by atoms with van der Waals surface area (Å²) in [7, 11) is 0. The summed E-state index contributed by atoms with van der Waals surface area (Å²) in [5.41, 5.74) is 4.98. The minimum Gasteiger partial charge on any atom is -0.394 e. The predicted octanol–water partition coefficient (Wildman–Crippen LogP) is 5.60. The lowest BCUT2D eigenvalue weighted by Crippen LogP contribution is -2.19. The molecule has 0 bridgehead atoms. The van der Waals surface area contributed by atoms with Crippen molar-refractivity contribution in [2.45, 2.75) is 6.54 Å². The topological polar surface area (TPSA) is 92.1 Å². The molecule has 0 fully saturated rings. The van der Waals surface area contributed by atoms with E-state index >= 15 is 0 Å². The van der Waals surface area contributed by atoms with Gasteiger partial charge in [-0.3, -0.25) is 9.67 Å². The van der Waals surface area contributed by atoms with Gasteiger partial charge in [0.1, 0.15) is 5.82 Å². The monoisotopic (exact) mass is 473 g/mol. The van der Waals surface area contributed by atoms with E-state index in [0.29, 0.717) is 17.9 Å². The number of anilines is 2. The Labute approximate surface area is 198 Å². The molecule has 0 unspecified atom stereocenters. The third-order valence-electron chi connectivity index (χ3n) is 5.29. The Bertz CT molecular complexity index is 1460. The first-order chi connectivity index (χ1) is 16.6. The van der Waals surface area contributed by atoms with Crippen LogP contribution in [-0.4, -0.2) is 32.5 Å². The molecule has 0 radical (unpaired) electrons. The van der Waals surface area contributed by atoms with Crippen molar-refractivity contribution in [1.29, 1.82) is 0 Å². The largest absolute Gasteiger partial charge is 0.394 e. The van der Waals surface area contributed by atoms with Crippen LogP contribution in [0.4, 0.5) is 20.6 Å². The Morgan fingerprint density at radius 1 is 1.00 bits per heavy atom. The number of amides is 2. The van der Waals surface area contributed by atoms with Crippen LogP contribution >= 0.6 is 11.3 Å². The van der Waals surface area contributed by atoms with E-state index in [1.165, 1.54) is 18.2 Å². The number of urea groups is 1. The number of thiophene rings is 1. The summed E-state index contributed by atoms with van der Waals surface area (Å²) in [6, 6.07) is 12.8. The summed E-state index contributed by atoms with van der Waals surface area (Å²) in [4.78, 5) is 16.7. The minimum atomic E-state index is -0.449. The molecule has 0 aliphatic rings. The Kier molecular flexibility index (Phi) is 6.03. The van der Waals surface area contributed by atoms with Crippen molar-refractivity contribution in [2.24, 2.45) is 0 Å². The highest BCUT2D eigenvalue weighted by atomic mass is 32.1. The van der Waals surface area contributed by atoms with Crippen molar-refractivity contribution in [3.63, 3.8) is 0 Å². The van der Waals surface area contributed by atoms with Gasteiger partial charge < -0.3 is 15.7 Å². The number of fused-ring (bicyclic) bond motifs is 1. The molecule has 0 aliphatic heterocycles. The van der Waals surface area contributed by atoms with E-state index in [2.05, 4.69) is 26.1 Å². The SMILES string of the molecule is O=C(Nc1ccc(-c2csc3c(-c4cnn(CCO)c4)cncc23)cc1)Nc1cccc(F)c1. The van der Waals surface area contributed by atoms with Gasteiger partial charge in [-0.05, 0) is 41.3 Å². The van der Waals surface area contributed by atoms with Gasteiger partial charge in [-0.2, -0.15) is 5.10 Å². The van der Waals surface area contributed by atoms with Crippen LogP contribution in [0, 0.1) is 5.82 Å². The fourth-order valence-corrected chi connectivity index (χ4v) is 4.78. The van der Waals surface area contributed by atoms with E-state index in [4.69, 9.17) is 5.11 Å². The molecule has 5 aromatic rings. The molecule has 0 spiro atoms. The van der Waals surface area contributed by atoms with Crippen molar-refractivity contribution in [3.8, 4) is 22.3 Å². The highest BCUT2D eigenvalue weighted by Gasteiger charge is 2.13. The molecule has 5 rings (SSSR count). The number of aromatic nitrogens is 3. The lowest BCUT2D eigenvalue weighted by Gasteiger charge is -2.08. The van der Waals surface area contributed by atoms with Gasteiger partial charge in [-0.25, -0.2) is 9.18 Å². The number of benzene rings is 2. The number of carbonyl (C=O) groups excluding carboxylic acids is 1. The van der Waals surface area contributed by atoms with Crippen LogP contribution in [-0.2, 0) is 6.54 Å². The maximum Gasteiger partial charge on any atom is 0.323 e. The highest BCUT2D eigenvalue weighted by Crippen LogP contribution is 2.39. The van der Waals surface area contributed by atoms with Gasteiger partial charge in [-0.15, -0.1) is 11.3 Å². The van der Waals surface area contributed by atoms with E-state index in [1.54, 1.807) is 28.3 Å². The first kappa shape index (κ1) is 21.7. The predicted molar refractivity (Wildman–Crippen MR) is 132 cm³/mol. The quantitative estimate of drug-likeness (QED) is 0.299. The van der Waals surface area contributed by atoms with Crippen LogP contribution < -0.4 is 10.6 Å². The summed E-state index contributed by atoms with van der Waals surface area (Å²) in [6.45, 7) is 0.476. The molecule has 34 heavy (non-hydrogen) atoms. The van der Waals surface area contributed by atoms with Crippen molar-refractivity contribution in [3.05, 3.63) is 84.5 Å². The third kappa shape index (κ3) is 4.52. The zero-order valence-corrected chi connectivity index (χ0v) is 18.7. The van der Waals surface area contributed by atoms with E-state index < -0.39 is 11.8 Å². The van der Waals surface area contributed by atoms with Crippen LogP contribution in [0.3, 0.4) is 0 Å². The van der Waals surface area contributed by atoms with Gasteiger partial charge in [-0.1, -0.05) is 18.2 Å². The number of aliphatic hydroxyl groups excluding tert-OH is 1. The van der Waals surface area contributed by atoms with Gasteiger partial charge in [0.2, 0.25) is 0 Å². The van der Waals surface area contributed by atoms with Gasteiger partial charge in [0, 0.05) is 56.7 Å². The number of aliphatic hydroxyl groups is 1. The van der Waals surface area contributed by atoms with E-state index in [0.717, 1.165) is 32.3 Å². The third-order valence-corrected chi connectivity index (χ3v) is 6.32. The maximum atomic E-state index is 13.3. The smallest absolute Gasteiger partial charge is 0.323 e. The number of rotatable bonds is 6. The second kappa shape index (κ2) is 9.42. The van der Waals surface area contributed by atoms with Crippen LogP contribution in [0.1, 0.15) is 0 Å². The fourth-order valence-electron chi connectivity index (χ4n) is 3.70. The lowest BCUT2D eigenvalue weighted by molar-refractivity contribution is 0.262. The van der Waals surface area contributed by atoms with Crippen LogP contribution in [0.2, 0.25) is 0 Å². The Hall–Kier alpha value is -4.08. The number of hydrogen-bond acceptors (Lipinski definition) is 5. The minimum absolute atomic E-state index is 0.0318. The normalized spacial score (nSPS) is 11.0. The molecule has 9 heteroatoms. The number of nitrogens with zero attached hydrogens (tertiary/aromatic N) is 3. The molecule has 0 saturated heterocycles. The molecule has 3 N–H and O–H groups in total. The number of nitrogens with one attached hydrogen (secondary N) is 2. The van der Waals surface area contributed by atoms with Crippen LogP contribution in [0.25, 0.3) is 32.3 Å². The molecule has 0 aliphatic carbocycles. The standard InChI is InChI=1S/C25H20FN5O2S/c26-18-2-1-3-20(10-18)30-25(33)29-19-6-4-16(5-7-19)23-15-34-24-21(12-27-13-22(23)24)17-11-28-31(14-17)8-9-32/h1-7,10-15,32H,8-9H2,(H2,29,30,33). The average Bonchev–Trinajstić information content (AvgIpc) is 3.47. The number of hydrogen-bond donors (Lipinski definition) is 3. The fraction of sp³-hybridized carbons (Fsp3) is 0.0800. The molecule has 2 amide bonds. The molecule has 3 aromatic heterocycles. The first-order valence-corrected chi connectivity index (χ1v) is 11.4. The Morgan fingerprint density at radius 2 is 1.82 bits per heavy atom. The zero-order chi connectivity index (χ0) is 23.5. The van der Waals surface area contributed by atoms with Crippen LogP contribution in [0.5, 0.6) is 0 Å². The molecule has 7 nitrogen and oxygen atoms in total. The molecule has 2 aromatic carbocycles. The molecule has 0 atom stereocenters. The first-order valence-electron chi connectivity index (χ1n) is 10.5. The average molecular weight is 474 g/mol. The van der Waals surface area contributed by atoms with Gasteiger partial charge in [0.15, 0.2) is 0 Å². The van der Waals surface area contributed by atoms with E-state index in [1.807, 2.05) is 42.9 Å². The Morgan fingerprint density at radius 3 is 2.62 bits per heavy atom. The molecule has 0 saturated carbocycles. The summed E-state index contributed by atoms with van der Waals surface area (Å²) in [6.07, 6.45) is 7.36. The number of carbonyl (C=O) groups is 1. The molecule has 170 valence electrons. The number of pyridine rings is 1. The lowest BCUT2D eigenvalue weighted by atomic mass is 10.0. The van der Waals surface area contributed by atoms with E-state index in [-0.39, 0.29) is 6.61 Å². The summed E-state index contributed by atoms with van der Waals surface area (Å²) in [5.74, 6) is -0.415. The van der Waals surface area contributed by atoms with Crippen molar-refractivity contribution < 1.29 is 14.3 Å².